The maximum atomic E-state index is 14.9. The first-order valence-electron chi connectivity index (χ1n) is 9.43. The number of aromatic nitrogens is 2. The van der Waals surface area contributed by atoms with E-state index in [4.69, 9.17) is 5.73 Å². The summed E-state index contributed by atoms with van der Waals surface area (Å²) in [4.78, 5) is 30.4. The van der Waals surface area contributed by atoms with Gasteiger partial charge in [0.15, 0.2) is 11.6 Å². The molecule has 3 heterocycles. The van der Waals surface area contributed by atoms with Crippen molar-refractivity contribution in [2.75, 3.05) is 18.0 Å². The molecular formula is C19H21FN4O3. The Labute approximate surface area is 154 Å². The Morgan fingerprint density at radius 3 is 2.78 bits per heavy atom. The predicted octanol–water partition coefficient (Wildman–Crippen LogP) is 1.74. The van der Waals surface area contributed by atoms with Crippen LogP contribution in [0.25, 0.3) is 11.0 Å². The molecule has 3 aliphatic rings. The molecular weight excluding hydrogens is 351 g/mol. The second kappa shape index (κ2) is 5.76. The van der Waals surface area contributed by atoms with Crippen molar-refractivity contribution in [1.29, 1.82) is 0 Å². The third kappa shape index (κ3) is 2.54. The lowest BCUT2D eigenvalue weighted by atomic mass is 9.66. The zero-order chi connectivity index (χ0) is 18.9. The van der Waals surface area contributed by atoms with E-state index in [2.05, 4.69) is 4.98 Å². The van der Waals surface area contributed by atoms with Crippen molar-refractivity contribution in [3.63, 3.8) is 0 Å². The van der Waals surface area contributed by atoms with E-state index in [0.29, 0.717) is 30.6 Å². The monoisotopic (exact) mass is 372 g/mol. The fourth-order valence-electron chi connectivity index (χ4n) is 4.57. The number of pyridine rings is 2. The van der Waals surface area contributed by atoms with E-state index in [1.54, 1.807) is 4.57 Å². The maximum absolute atomic E-state index is 14.9. The van der Waals surface area contributed by atoms with Crippen LogP contribution in [0, 0.1) is 17.7 Å². The Bertz CT molecular complexity index is 1020. The maximum Gasteiger partial charge on any atom is 0.341 e. The Morgan fingerprint density at radius 1 is 1.33 bits per heavy atom. The quantitative estimate of drug-likeness (QED) is 0.851. The van der Waals surface area contributed by atoms with E-state index >= 15 is 0 Å². The summed E-state index contributed by atoms with van der Waals surface area (Å²) >= 11 is 0. The van der Waals surface area contributed by atoms with Crippen LogP contribution in [-0.4, -0.2) is 39.8 Å². The minimum atomic E-state index is -1.30. The number of rotatable bonds is 3. The molecule has 0 unspecified atom stereocenters. The van der Waals surface area contributed by atoms with Gasteiger partial charge in [0, 0.05) is 31.4 Å². The molecule has 7 nitrogen and oxygen atoms in total. The van der Waals surface area contributed by atoms with Crippen molar-refractivity contribution in [1.82, 2.24) is 9.55 Å². The molecule has 0 amide bonds. The standard InChI is InChI=1S/C19H21FN4O3/c20-14-6-11-16(25)13(19(26)27)8-24(10-1-2-10)17(11)22-18(14)23-4-3-9-5-15(21)12(9)7-23/h6,8-10,12,15H,1-5,7,21H2,(H,26,27)/t9-,12-,15+/m0/s1. The van der Waals surface area contributed by atoms with Gasteiger partial charge in [-0.3, -0.25) is 4.79 Å². The topological polar surface area (TPSA) is 101 Å². The van der Waals surface area contributed by atoms with Crippen LogP contribution in [0.1, 0.15) is 42.1 Å². The Kier molecular flexibility index (Phi) is 3.56. The summed E-state index contributed by atoms with van der Waals surface area (Å²) < 4.78 is 16.6. The van der Waals surface area contributed by atoms with Crippen molar-refractivity contribution in [2.45, 2.75) is 37.8 Å². The van der Waals surface area contributed by atoms with Gasteiger partial charge in [-0.2, -0.15) is 0 Å². The lowest BCUT2D eigenvalue weighted by Crippen LogP contribution is -2.57. The highest BCUT2D eigenvalue weighted by molar-refractivity contribution is 5.92. The zero-order valence-electron chi connectivity index (χ0n) is 14.8. The summed E-state index contributed by atoms with van der Waals surface area (Å²) in [6.45, 7) is 1.38. The van der Waals surface area contributed by atoms with Gasteiger partial charge in [-0.05, 0) is 43.6 Å². The van der Waals surface area contributed by atoms with Crippen LogP contribution in [0.4, 0.5) is 10.2 Å². The van der Waals surface area contributed by atoms with Crippen molar-refractivity contribution in [3.8, 4) is 0 Å². The number of hydrogen-bond donors (Lipinski definition) is 2. The first kappa shape index (κ1) is 16.7. The molecule has 1 saturated heterocycles. The SMILES string of the molecule is N[C@@H]1C[C@@H]2CCN(c3nc4c(cc3F)c(=O)c(C(=O)O)cn4C3CC3)C[C@@H]21. The van der Waals surface area contributed by atoms with E-state index in [1.807, 2.05) is 4.90 Å². The van der Waals surface area contributed by atoms with Crippen LogP contribution in [0.15, 0.2) is 17.1 Å². The van der Waals surface area contributed by atoms with Gasteiger partial charge in [0.25, 0.3) is 0 Å². The number of fused-ring (bicyclic) bond motifs is 2. The van der Waals surface area contributed by atoms with Crippen molar-refractivity contribution in [3.05, 3.63) is 33.9 Å². The summed E-state index contributed by atoms with van der Waals surface area (Å²) in [6, 6.07) is 1.42. The van der Waals surface area contributed by atoms with Gasteiger partial charge >= 0.3 is 5.97 Å². The molecule has 1 aliphatic heterocycles. The second-order valence-corrected chi connectivity index (χ2v) is 8.04. The van der Waals surface area contributed by atoms with Crippen molar-refractivity contribution >= 4 is 22.8 Å². The van der Waals surface area contributed by atoms with E-state index < -0.39 is 17.2 Å². The first-order valence-corrected chi connectivity index (χ1v) is 9.43. The summed E-state index contributed by atoms with van der Waals surface area (Å²) in [5.74, 6) is -0.687. The number of carbonyl (C=O) groups is 1. The molecule has 3 atom stereocenters. The number of nitrogens with two attached hydrogens (primary N) is 1. The molecule has 0 bridgehead atoms. The smallest absolute Gasteiger partial charge is 0.341 e. The lowest BCUT2D eigenvalue weighted by Gasteiger charge is -2.50. The molecule has 0 spiro atoms. The van der Waals surface area contributed by atoms with Gasteiger partial charge < -0.3 is 20.3 Å². The highest BCUT2D eigenvalue weighted by atomic mass is 19.1. The van der Waals surface area contributed by atoms with Gasteiger partial charge in [0.05, 0.1) is 5.39 Å². The van der Waals surface area contributed by atoms with Gasteiger partial charge in [-0.1, -0.05) is 0 Å². The zero-order valence-corrected chi connectivity index (χ0v) is 14.8. The fraction of sp³-hybridized carbons (Fsp3) is 0.526. The van der Waals surface area contributed by atoms with Crippen molar-refractivity contribution in [2.24, 2.45) is 17.6 Å². The normalized spacial score (nSPS) is 27.3. The van der Waals surface area contributed by atoms with Crippen LogP contribution in [0.2, 0.25) is 0 Å². The molecule has 2 aromatic heterocycles. The number of halogens is 1. The minimum Gasteiger partial charge on any atom is -0.477 e. The fourth-order valence-corrected chi connectivity index (χ4v) is 4.57. The molecule has 3 fully saturated rings. The van der Waals surface area contributed by atoms with E-state index in [-0.39, 0.29) is 28.9 Å². The predicted molar refractivity (Wildman–Crippen MR) is 97.6 cm³/mol. The Hall–Kier alpha value is -2.48. The molecule has 27 heavy (non-hydrogen) atoms. The average Bonchev–Trinajstić information content (AvgIpc) is 3.46. The summed E-state index contributed by atoms with van der Waals surface area (Å²) in [5.41, 5.74) is 5.43. The number of hydrogen-bond acceptors (Lipinski definition) is 5. The second-order valence-electron chi connectivity index (χ2n) is 8.04. The van der Waals surface area contributed by atoms with Crippen LogP contribution < -0.4 is 16.1 Å². The molecule has 3 N–H and O–H groups in total. The molecule has 0 aromatic carbocycles. The number of carboxylic acid groups (broad SMARTS) is 1. The number of carboxylic acids is 1. The largest absolute Gasteiger partial charge is 0.477 e. The molecule has 142 valence electrons. The van der Waals surface area contributed by atoms with Crippen LogP contribution in [0.5, 0.6) is 0 Å². The van der Waals surface area contributed by atoms with Gasteiger partial charge in [-0.25, -0.2) is 14.2 Å². The third-order valence-corrected chi connectivity index (χ3v) is 6.34. The van der Waals surface area contributed by atoms with Crippen LogP contribution >= 0.6 is 0 Å². The molecule has 5 rings (SSSR count). The van der Waals surface area contributed by atoms with Gasteiger partial charge in [-0.15, -0.1) is 0 Å². The highest BCUT2D eigenvalue weighted by Crippen LogP contribution is 2.41. The molecule has 0 radical (unpaired) electrons. The molecule has 2 saturated carbocycles. The van der Waals surface area contributed by atoms with E-state index in [0.717, 1.165) is 31.7 Å². The van der Waals surface area contributed by atoms with Crippen LogP contribution in [-0.2, 0) is 0 Å². The molecule has 2 aromatic rings. The molecule has 2 aliphatic carbocycles. The summed E-state index contributed by atoms with van der Waals surface area (Å²) in [6.07, 6.45) is 5.14. The molecule has 8 heteroatoms. The lowest BCUT2D eigenvalue weighted by molar-refractivity contribution is 0.0695. The number of piperidine rings is 1. The first-order chi connectivity index (χ1) is 12.9. The summed E-state index contributed by atoms with van der Waals surface area (Å²) in [7, 11) is 0. The Morgan fingerprint density at radius 2 is 2.11 bits per heavy atom. The number of aromatic carboxylic acids is 1. The highest BCUT2D eigenvalue weighted by Gasteiger charge is 2.43. The van der Waals surface area contributed by atoms with E-state index in [9.17, 15) is 19.1 Å². The minimum absolute atomic E-state index is 0.0262. The van der Waals surface area contributed by atoms with E-state index in [1.165, 1.54) is 6.20 Å². The van der Waals surface area contributed by atoms with Gasteiger partial charge in [0.1, 0.15) is 11.2 Å². The third-order valence-electron chi connectivity index (χ3n) is 6.34. The van der Waals surface area contributed by atoms with Gasteiger partial charge in [0.2, 0.25) is 5.43 Å². The Balaban J connectivity index is 1.64. The average molecular weight is 372 g/mol. The van der Waals surface area contributed by atoms with Crippen LogP contribution in [0.3, 0.4) is 0 Å². The number of nitrogens with zero attached hydrogens (tertiary/aromatic N) is 3. The summed E-state index contributed by atoms with van der Waals surface area (Å²) in [5, 5.41) is 9.34. The number of anilines is 1. The van der Waals surface area contributed by atoms with Crippen molar-refractivity contribution < 1.29 is 14.3 Å².